The Bertz CT molecular complexity index is 940. The van der Waals surface area contributed by atoms with Gasteiger partial charge in [-0.05, 0) is 31.9 Å². The monoisotopic (exact) mass is 432 g/mol. The number of sulfonamides is 1. The van der Waals surface area contributed by atoms with E-state index in [2.05, 4.69) is 11.4 Å². The molecule has 0 spiro atoms. The second kappa shape index (κ2) is 9.25. The highest BCUT2D eigenvalue weighted by Gasteiger charge is 2.35. The van der Waals surface area contributed by atoms with Gasteiger partial charge in [-0.25, -0.2) is 8.42 Å². The van der Waals surface area contributed by atoms with Crippen LogP contribution in [0.2, 0.25) is 0 Å². The molecule has 162 valence electrons. The summed E-state index contributed by atoms with van der Waals surface area (Å²) in [5, 5.41) is 12.4. The summed E-state index contributed by atoms with van der Waals surface area (Å²) in [6, 6.07) is 8.35. The number of nitriles is 1. The van der Waals surface area contributed by atoms with E-state index in [-0.39, 0.29) is 36.2 Å². The lowest BCUT2D eigenvalue weighted by atomic mass is 9.83. The Morgan fingerprint density at radius 1 is 1.13 bits per heavy atom. The quantitative estimate of drug-likeness (QED) is 0.683. The Morgan fingerprint density at radius 2 is 1.80 bits per heavy atom. The lowest BCUT2D eigenvalue weighted by molar-refractivity contribution is -0.124. The van der Waals surface area contributed by atoms with Crippen LogP contribution in [0.15, 0.2) is 29.2 Å². The number of carbonyl (C=O) groups excluding carboxylic acids is 2. The van der Waals surface area contributed by atoms with Gasteiger partial charge in [0.1, 0.15) is 5.54 Å². The highest BCUT2D eigenvalue weighted by molar-refractivity contribution is 7.89. The van der Waals surface area contributed by atoms with Gasteiger partial charge in [-0.2, -0.15) is 9.57 Å². The third-order valence-electron chi connectivity index (χ3n) is 5.88. The topological polar surface area (TPSA) is 111 Å². The molecular formula is C21H28N4O4S. The van der Waals surface area contributed by atoms with Crippen molar-refractivity contribution in [3.05, 3.63) is 29.8 Å². The first-order valence-electron chi connectivity index (χ1n) is 10.3. The summed E-state index contributed by atoms with van der Waals surface area (Å²) in [4.78, 5) is 26.0. The van der Waals surface area contributed by atoms with Crippen LogP contribution in [0.4, 0.5) is 0 Å². The molecule has 0 bridgehead atoms. The van der Waals surface area contributed by atoms with Gasteiger partial charge < -0.3 is 5.32 Å². The van der Waals surface area contributed by atoms with E-state index >= 15 is 0 Å². The molecule has 0 atom stereocenters. The Balaban J connectivity index is 1.56. The summed E-state index contributed by atoms with van der Waals surface area (Å²) in [7, 11) is -3.70. The largest absolute Gasteiger partial charge is 0.337 e. The van der Waals surface area contributed by atoms with Crippen molar-refractivity contribution in [3.8, 4) is 6.07 Å². The number of nitrogens with zero attached hydrogens (tertiary/aromatic N) is 3. The summed E-state index contributed by atoms with van der Waals surface area (Å²) >= 11 is 0. The van der Waals surface area contributed by atoms with Crippen molar-refractivity contribution in [2.24, 2.45) is 0 Å². The van der Waals surface area contributed by atoms with Crippen LogP contribution in [0.1, 0.15) is 49.4 Å². The number of nitrogens with one attached hydrogen (secondary N) is 1. The average Bonchev–Trinajstić information content (AvgIpc) is 2.74. The molecule has 9 heteroatoms. The SMILES string of the molecule is CC(=O)c1cccc(S(=O)(=O)N2CCN(CC(=O)NC3(C#N)CCCCC3)CC2)c1. The first-order valence-corrected chi connectivity index (χ1v) is 11.8. The molecule has 1 aliphatic heterocycles. The first-order chi connectivity index (χ1) is 14.3. The first kappa shape index (κ1) is 22.4. The predicted molar refractivity (Wildman–Crippen MR) is 111 cm³/mol. The van der Waals surface area contributed by atoms with Gasteiger partial charge in [-0.15, -0.1) is 0 Å². The van der Waals surface area contributed by atoms with E-state index in [4.69, 9.17) is 0 Å². The van der Waals surface area contributed by atoms with E-state index in [1.807, 2.05) is 4.90 Å². The Hall–Kier alpha value is -2.28. The summed E-state index contributed by atoms with van der Waals surface area (Å²) in [5.41, 5.74) is -0.400. The molecule has 2 fully saturated rings. The number of benzene rings is 1. The number of amides is 1. The third-order valence-corrected chi connectivity index (χ3v) is 7.77. The Morgan fingerprint density at radius 3 is 2.40 bits per heavy atom. The van der Waals surface area contributed by atoms with Crippen LogP contribution < -0.4 is 5.32 Å². The predicted octanol–water partition coefficient (Wildman–Crippen LogP) is 1.54. The molecule has 30 heavy (non-hydrogen) atoms. The number of rotatable bonds is 6. The van der Waals surface area contributed by atoms with Crippen molar-refractivity contribution in [2.75, 3.05) is 32.7 Å². The van der Waals surface area contributed by atoms with E-state index in [9.17, 15) is 23.3 Å². The minimum atomic E-state index is -3.70. The van der Waals surface area contributed by atoms with Crippen LogP contribution in [0.25, 0.3) is 0 Å². The molecule has 1 saturated carbocycles. The molecule has 1 heterocycles. The average molecular weight is 433 g/mol. The normalized spacial score (nSPS) is 20.3. The van der Waals surface area contributed by atoms with Gasteiger partial charge in [-0.3, -0.25) is 14.5 Å². The fourth-order valence-corrected chi connectivity index (χ4v) is 5.55. The smallest absolute Gasteiger partial charge is 0.243 e. The van der Waals surface area contributed by atoms with Crippen LogP contribution in [-0.2, 0) is 14.8 Å². The number of hydrogen-bond donors (Lipinski definition) is 1. The maximum atomic E-state index is 12.9. The summed E-state index contributed by atoms with van der Waals surface area (Å²) < 4.78 is 27.2. The van der Waals surface area contributed by atoms with E-state index in [1.165, 1.54) is 23.4 Å². The van der Waals surface area contributed by atoms with Gasteiger partial charge in [0.25, 0.3) is 0 Å². The van der Waals surface area contributed by atoms with E-state index in [1.54, 1.807) is 12.1 Å². The summed E-state index contributed by atoms with van der Waals surface area (Å²) in [6.45, 7) is 2.94. The van der Waals surface area contributed by atoms with Crippen molar-refractivity contribution >= 4 is 21.7 Å². The maximum Gasteiger partial charge on any atom is 0.243 e. The molecule has 3 rings (SSSR count). The van der Waals surface area contributed by atoms with Crippen molar-refractivity contribution in [3.63, 3.8) is 0 Å². The standard InChI is InChI=1S/C21H28N4O4S/c1-17(26)18-6-5-7-19(14-18)30(28,29)25-12-10-24(11-13-25)15-20(27)23-21(16-22)8-3-2-4-9-21/h5-7,14H,2-4,8-13,15H2,1H3,(H,23,27). The van der Waals surface area contributed by atoms with Gasteiger partial charge in [0.15, 0.2) is 5.78 Å². The van der Waals surface area contributed by atoms with Gasteiger partial charge in [-0.1, -0.05) is 31.4 Å². The van der Waals surface area contributed by atoms with Crippen molar-refractivity contribution in [1.29, 1.82) is 5.26 Å². The molecule has 1 N–H and O–H groups in total. The zero-order valence-electron chi connectivity index (χ0n) is 17.3. The van der Waals surface area contributed by atoms with Gasteiger partial charge in [0.2, 0.25) is 15.9 Å². The van der Waals surface area contributed by atoms with Crippen LogP contribution in [-0.4, -0.2) is 67.6 Å². The van der Waals surface area contributed by atoms with Gasteiger partial charge in [0, 0.05) is 31.7 Å². The number of piperazine rings is 1. The minimum Gasteiger partial charge on any atom is -0.337 e. The number of Topliss-reactive ketones (excluding diaryl/α,β-unsaturated/α-hetero) is 1. The molecule has 0 aromatic heterocycles. The van der Waals surface area contributed by atoms with Crippen molar-refractivity contribution in [1.82, 2.24) is 14.5 Å². The van der Waals surface area contributed by atoms with Crippen LogP contribution in [0, 0.1) is 11.3 Å². The lowest BCUT2D eigenvalue weighted by Gasteiger charge is -2.35. The Kier molecular flexibility index (Phi) is 6.91. The third kappa shape index (κ3) is 5.06. The molecule has 1 aliphatic carbocycles. The molecular weight excluding hydrogens is 404 g/mol. The zero-order chi connectivity index (χ0) is 21.8. The van der Waals surface area contributed by atoms with E-state index in [0.717, 1.165) is 19.3 Å². The highest BCUT2D eigenvalue weighted by Crippen LogP contribution is 2.27. The minimum absolute atomic E-state index is 0.106. The number of hydrogen-bond acceptors (Lipinski definition) is 6. The molecule has 0 unspecified atom stereocenters. The molecule has 1 amide bonds. The lowest BCUT2D eigenvalue weighted by Crippen LogP contribution is -2.54. The van der Waals surface area contributed by atoms with E-state index < -0.39 is 15.6 Å². The maximum absolute atomic E-state index is 12.9. The summed E-state index contributed by atoms with van der Waals surface area (Å²) in [5.74, 6) is -0.375. The van der Waals surface area contributed by atoms with Crippen molar-refractivity contribution in [2.45, 2.75) is 49.5 Å². The van der Waals surface area contributed by atoms with Crippen LogP contribution >= 0.6 is 0 Å². The number of ketones is 1. The molecule has 1 saturated heterocycles. The zero-order valence-corrected chi connectivity index (χ0v) is 18.1. The molecule has 0 radical (unpaired) electrons. The second-order valence-electron chi connectivity index (χ2n) is 8.07. The Labute approximate surface area is 177 Å². The summed E-state index contributed by atoms with van der Waals surface area (Å²) in [6.07, 6.45) is 4.33. The number of carbonyl (C=O) groups is 2. The van der Waals surface area contributed by atoms with Crippen LogP contribution in [0.5, 0.6) is 0 Å². The van der Waals surface area contributed by atoms with Crippen molar-refractivity contribution < 1.29 is 18.0 Å². The van der Waals surface area contributed by atoms with Crippen LogP contribution in [0.3, 0.4) is 0 Å². The fraction of sp³-hybridized carbons (Fsp3) is 0.571. The molecule has 1 aromatic rings. The van der Waals surface area contributed by atoms with E-state index in [0.29, 0.717) is 31.5 Å². The van der Waals surface area contributed by atoms with Gasteiger partial charge >= 0.3 is 0 Å². The molecule has 1 aromatic carbocycles. The second-order valence-corrected chi connectivity index (χ2v) is 10.0. The van der Waals surface area contributed by atoms with Gasteiger partial charge in [0.05, 0.1) is 17.5 Å². The highest BCUT2D eigenvalue weighted by atomic mass is 32.2. The molecule has 2 aliphatic rings. The molecule has 8 nitrogen and oxygen atoms in total. The fourth-order valence-electron chi connectivity index (χ4n) is 4.08.